The average molecular weight is 339 g/mol. The number of benzene rings is 1. The number of hydrogen-bond acceptors (Lipinski definition) is 2. The number of carbonyl (C=O) groups is 2. The van der Waals surface area contributed by atoms with Crippen LogP contribution in [0.1, 0.15) is 46.1 Å². The zero-order valence-corrected chi connectivity index (χ0v) is 15.2. The molecule has 1 rings (SSSR count). The molecule has 0 saturated heterocycles. The van der Waals surface area contributed by atoms with Crippen molar-refractivity contribution in [1.29, 1.82) is 0 Å². The van der Waals surface area contributed by atoms with E-state index in [9.17, 15) is 9.59 Å². The summed E-state index contributed by atoms with van der Waals surface area (Å²) < 4.78 is 0. The van der Waals surface area contributed by atoms with Gasteiger partial charge in [-0.25, -0.2) is 0 Å². The van der Waals surface area contributed by atoms with Crippen LogP contribution in [-0.2, 0) is 16.1 Å². The van der Waals surface area contributed by atoms with Crippen molar-refractivity contribution >= 4 is 23.4 Å². The number of rotatable bonds is 8. The molecule has 1 atom stereocenters. The fourth-order valence-electron chi connectivity index (χ4n) is 2.33. The average Bonchev–Trinajstić information content (AvgIpc) is 2.53. The van der Waals surface area contributed by atoms with Crippen molar-refractivity contribution in [1.82, 2.24) is 10.2 Å². The number of hydrogen-bond donors (Lipinski definition) is 1. The molecule has 1 N–H and O–H groups in total. The van der Waals surface area contributed by atoms with E-state index < -0.39 is 6.04 Å². The highest BCUT2D eigenvalue weighted by Gasteiger charge is 2.27. The van der Waals surface area contributed by atoms with Crippen LogP contribution in [-0.4, -0.2) is 29.3 Å². The minimum Gasteiger partial charge on any atom is -0.354 e. The molecule has 0 bridgehead atoms. The van der Waals surface area contributed by atoms with Crippen LogP contribution in [0.25, 0.3) is 0 Å². The standard InChI is InChI=1S/C18H27ClN2O2/c1-5-16(18(23)20-11-13(3)4)21(17(22)6-2)12-14-7-9-15(19)10-8-14/h7-10,13,16H,5-6,11-12H2,1-4H3,(H,20,23)/t16-/m0/s1. The van der Waals surface area contributed by atoms with E-state index in [2.05, 4.69) is 5.32 Å². The van der Waals surface area contributed by atoms with Crippen molar-refractivity contribution < 1.29 is 9.59 Å². The van der Waals surface area contributed by atoms with Gasteiger partial charge in [0, 0.05) is 24.5 Å². The topological polar surface area (TPSA) is 49.4 Å². The molecule has 23 heavy (non-hydrogen) atoms. The van der Waals surface area contributed by atoms with Gasteiger partial charge in [0.15, 0.2) is 0 Å². The van der Waals surface area contributed by atoms with Crippen LogP contribution >= 0.6 is 11.6 Å². The first-order valence-corrected chi connectivity index (χ1v) is 8.58. The van der Waals surface area contributed by atoms with Crippen LogP contribution < -0.4 is 5.32 Å². The SMILES string of the molecule is CCC(=O)N(Cc1ccc(Cl)cc1)[C@@H](CC)C(=O)NCC(C)C. The van der Waals surface area contributed by atoms with Crippen LogP contribution in [0.15, 0.2) is 24.3 Å². The van der Waals surface area contributed by atoms with E-state index in [4.69, 9.17) is 11.6 Å². The Morgan fingerprint density at radius 1 is 1.17 bits per heavy atom. The quantitative estimate of drug-likeness (QED) is 0.786. The molecule has 128 valence electrons. The van der Waals surface area contributed by atoms with E-state index in [-0.39, 0.29) is 11.8 Å². The van der Waals surface area contributed by atoms with Gasteiger partial charge in [0.2, 0.25) is 11.8 Å². The molecule has 0 radical (unpaired) electrons. The van der Waals surface area contributed by atoms with Gasteiger partial charge in [-0.2, -0.15) is 0 Å². The van der Waals surface area contributed by atoms with Crippen molar-refractivity contribution in [3.8, 4) is 0 Å². The molecule has 0 fully saturated rings. The molecule has 0 aliphatic rings. The molecule has 0 spiro atoms. The van der Waals surface area contributed by atoms with Gasteiger partial charge < -0.3 is 10.2 Å². The first-order chi connectivity index (χ1) is 10.9. The Bertz CT molecular complexity index is 514. The normalized spacial score (nSPS) is 12.1. The lowest BCUT2D eigenvalue weighted by atomic mass is 10.1. The summed E-state index contributed by atoms with van der Waals surface area (Å²) >= 11 is 5.90. The molecule has 1 aromatic rings. The molecule has 1 aromatic carbocycles. The van der Waals surface area contributed by atoms with E-state index in [0.717, 1.165) is 5.56 Å². The van der Waals surface area contributed by atoms with Gasteiger partial charge in [0.1, 0.15) is 6.04 Å². The van der Waals surface area contributed by atoms with Gasteiger partial charge in [0.25, 0.3) is 0 Å². The predicted molar refractivity (Wildman–Crippen MR) is 94.2 cm³/mol. The van der Waals surface area contributed by atoms with Gasteiger partial charge in [0.05, 0.1) is 0 Å². The first-order valence-electron chi connectivity index (χ1n) is 8.20. The van der Waals surface area contributed by atoms with Crippen molar-refractivity contribution in [3.05, 3.63) is 34.9 Å². The number of nitrogens with zero attached hydrogens (tertiary/aromatic N) is 1. The fourth-order valence-corrected chi connectivity index (χ4v) is 2.46. The number of carbonyl (C=O) groups excluding carboxylic acids is 2. The third-order valence-corrected chi connectivity index (χ3v) is 3.89. The second-order valence-corrected chi connectivity index (χ2v) is 6.50. The molecular weight excluding hydrogens is 312 g/mol. The third-order valence-electron chi connectivity index (χ3n) is 3.64. The lowest BCUT2D eigenvalue weighted by Gasteiger charge is -2.30. The maximum absolute atomic E-state index is 12.5. The molecule has 0 aliphatic carbocycles. The van der Waals surface area contributed by atoms with Crippen LogP contribution in [0.4, 0.5) is 0 Å². The number of nitrogens with one attached hydrogen (secondary N) is 1. The predicted octanol–water partition coefficient (Wildman–Crippen LogP) is 3.63. The molecule has 4 nitrogen and oxygen atoms in total. The van der Waals surface area contributed by atoms with Crippen molar-refractivity contribution in [2.24, 2.45) is 5.92 Å². The Morgan fingerprint density at radius 3 is 2.26 bits per heavy atom. The molecule has 5 heteroatoms. The third kappa shape index (κ3) is 6.22. The van der Waals surface area contributed by atoms with E-state index in [1.54, 1.807) is 17.0 Å². The van der Waals surface area contributed by atoms with Crippen LogP contribution in [0.5, 0.6) is 0 Å². The Hall–Kier alpha value is -1.55. The van der Waals surface area contributed by atoms with Crippen LogP contribution in [0, 0.1) is 5.92 Å². The molecule has 2 amide bonds. The summed E-state index contributed by atoms with van der Waals surface area (Å²) in [6.45, 7) is 8.86. The molecular formula is C18H27ClN2O2. The highest BCUT2D eigenvalue weighted by atomic mass is 35.5. The van der Waals surface area contributed by atoms with Gasteiger partial charge in [-0.15, -0.1) is 0 Å². The molecule has 0 aliphatic heterocycles. The minimum atomic E-state index is -0.447. The highest BCUT2D eigenvalue weighted by molar-refractivity contribution is 6.30. The second kappa shape index (κ2) is 9.56. The van der Waals surface area contributed by atoms with Gasteiger partial charge in [-0.05, 0) is 30.0 Å². The smallest absolute Gasteiger partial charge is 0.242 e. The van der Waals surface area contributed by atoms with Gasteiger partial charge in [-0.3, -0.25) is 9.59 Å². The van der Waals surface area contributed by atoms with Gasteiger partial charge in [-0.1, -0.05) is 51.4 Å². The van der Waals surface area contributed by atoms with E-state index in [0.29, 0.717) is 36.9 Å². The summed E-state index contributed by atoms with van der Waals surface area (Å²) in [5, 5.41) is 3.59. The van der Waals surface area contributed by atoms with Crippen LogP contribution in [0.3, 0.4) is 0 Å². The maximum Gasteiger partial charge on any atom is 0.242 e. The number of amides is 2. The summed E-state index contributed by atoms with van der Waals surface area (Å²) in [6.07, 6.45) is 0.963. The lowest BCUT2D eigenvalue weighted by molar-refractivity contribution is -0.141. The summed E-state index contributed by atoms with van der Waals surface area (Å²) in [5.74, 6) is 0.270. The Labute approximate surface area is 144 Å². The molecule has 0 saturated carbocycles. The van der Waals surface area contributed by atoms with Crippen LogP contribution in [0.2, 0.25) is 5.02 Å². The Morgan fingerprint density at radius 2 is 1.78 bits per heavy atom. The van der Waals surface area contributed by atoms with Crippen molar-refractivity contribution in [2.75, 3.05) is 6.54 Å². The maximum atomic E-state index is 12.5. The van der Waals surface area contributed by atoms with E-state index >= 15 is 0 Å². The molecule has 0 aromatic heterocycles. The van der Waals surface area contributed by atoms with Crippen molar-refractivity contribution in [2.45, 2.75) is 53.1 Å². The molecule has 0 heterocycles. The van der Waals surface area contributed by atoms with Crippen molar-refractivity contribution in [3.63, 3.8) is 0 Å². The largest absolute Gasteiger partial charge is 0.354 e. The summed E-state index contributed by atoms with van der Waals surface area (Å²) in [4.78, 5) is 26.5. The Kier molecular flexibility index (Phi) is 8.10. The lowest BCUT2D eigenvalue weighted by Crippen LogP contribution is -2.49. The fraction of sp³-hybridized carbons (Fsp3) is 0.556. The molecule has 0 unspecified atom stereocenters. The van der Waals surface area contributed by atoms with E-state index in [1.165, 1.54) is 0 Å². The minimum absolute atomic E-state index is 0.0218. The van der Waals surface area contributed by atoms with E-state index in [1.807, 2.05) is 39.8 Å². The highest BCUT2D eigenvalue weighted by Crippen LogP contribution is 2.16. The first kappa shape index (κ1) is 19.5. The summed E-state index contributed by atoms with van der Waals surface area (Å²) in [5.41, 5.74) is 0.964. The monoisotopic (exact) mass is 338 g/mol. The zero-order valence-electron chi connectivity index (χ0n) is 14.4. The zero-order chi connectivity index (χ0) is 17.4. The summed E-state index contributed by atoms with van der Waals surface area (Å²) in [6, 6.07) is 6.92. The van der Waals surface area contributed by atoms with Gasteiger partial charge >= 0.3 is 0 Å². The summed E-state index contributed by atoms with van der Waals surface area (Å²) in [7, 11) is 0. The second-order valence-electron chi connectivity index (χ2n) is 6.06. The number of halogens is 1. The Balaban J connectivity index is 2.91.